The van der Waals surface area contributed by atoms with E-state index in [1.807, 2.05) is 71.0 Å². The Morgan fingerprint density at radius 3 is 2.45 bits per heavy atom. The van der Waals surface area contributed by atoms with Crippen LogP contribution in [0.3, 0.4) is 0 Å². The maximum absolute atomic E-state index is 13.3. The van der Waals surface area contributed by atoms with E-state index in [2.05, 4.69) is 5.32 Å². The zero-order valence-electron chi connectivity index (χ0n) is 19.1. The van der Waals surface area contributed by atoms with Gasteiger partial charge in [-0.2, -0.15) is 0 Å². The van der Waals surface area contributed by atoms with Crippen molar-refractivity contribution in [2.75, 3.05) is 6.61 Å². The summed E-state index contributed by atoms with van der Waals surface area (Å²) in [5.74, 6) is 0.249. The molecule has 5 nitrogen and oxygen atoms in total. The lowest BCUT2D eigenvalue weighted by atomic mass is 10.1. The molecule has 0 aliphatic rings. The molecule has 31 heavy (non-hydrogen) atoms. The van der Waals surface area contributed by atoms with E-state index in [0.29, 0.717) is 17.2 Å². The fourth-order valence-corrected chi connectivity index (χ4v) is 3.45. The van der Waals surface area contributed by atoms with Gasteiger partial charge in [-0.15, -0.1) is 0 Å². The van der Waals surface area contributed by atoms with Crippen molar-refractivity contribution in [3.05, 3.63) is 64.2 Å². The van der Waals surface area contributed by atoms with E-state index in [0.717, 1.165) is 23.1 Å². The molecule has 2 atom stereocenters. The lowest BCUT2D eigenvalue weighted by Gasteiger charge is -2.31. The summed E-state index contributed by atoms with van der Waals surface area (Å²) < 4.78 is 5.85. The van der Waals surface area contributed by atoms with Crippen molar-refractivity contribution in [3.8, 4) is 5.75 Å². The Hall–Kier alpha value is -2.53. The van der Waals surface area contributed by atoms with E-state index < -0.39 is 6.04 Å². The third kappa shape index (κ3) is 7.00. The summed E-state index contributed by atoms with van der Waals surface area (Å²) in [6, 6.07) is 12.7. The molecule has 0 aromatic heterocycles. The number of nitrogens with one attached hydrogen (secondary N) is 1. The topological polar surface area (TPSA) is 58.6 Å². The molecule has 1 N–H and O–H groups in total. The van der Waals surface area contributed by atoms with E-state index in [1.165, 1.54) is 0 Å². The number of nitrogens with zero attached hydrogens (tertiary/aromatic N) is 1. The van der Waals surface area contributed by atoms with E-state index in [1.54, 1.807) is 11.0 Å². The van der Waals surface area contributed by atoms with Gasteiger partial charge in [0.05, 0.1) is 0 Å². The quantitative estimate of drug-likeness (QED) is 0.557. The number of ether oxygens (including phenoxy) is 1. The summed E-state index contributed by atoms with van der Waals surface area (Å²) in [6.45, 7) is 9.87. The Morgan fingerprint density at radius 1 is 1.10 bits per heavy atom. The first-order valence-corrected chi connectivity index (χ1v) is 11.2. The first kappa shape index (κ1) is 24.7. The average molecular weight is 445 g/mol. The summed E-state index contributed by atoms with van der Waals surface area (Å²) in [5, 5.41) is 3.56. The predicted molar refractivity (Wildman–Crippen MR) is 125 cm³/mol. The SMILES string of the molecule is CC[C@@H](C)NC(=O)[C@H](CC)N(Cc1ccccc1Cl)C(=O)COc1cc(C)ccc1C. The summed E-state index contributed by atoms with van der Waals surface area (Å²) in [7, 11) is 0. The van der Waals surface area contributed by atoms with Gasteiger partial charge in [0, 0.05) is 17.6 Å². The molecular weight excluding hydrogens is 412 g/mol. The second-order valence-electron chi connectivity index (χ2n) is 7.91. The number of hydrogen-bond donors (Lipinski definition) is 1. The second-order valence-corrected chi connectivity index (χ2v) is 8.32. The Balaban J connectivity index is 2.26. The van der Waals surface area contributed by atoms with E-state index >= 15 is 0 Å². The van der Waals surface area contributed by atoms with Crippen molar-refractivity contribution in [3.63, 3.8) is 0 Å². The van der Waals surface area contributed by atoms with Crippen molar-refractivity contribution in [2.45, 2.75) is 66.1 Å². The minimum absolute atomic E-state index is 0.0324. The summed E-state index contributed by atoms with van der Waals surface area (Å²) in [5.41, 5.74) is 2.80. The molecular formula is C25H33ClN2O3. The number of rotatable bonds is 10. The number of carbonyl (C=O) groups is 2. The highest BCUT2D eigenvalue weighted by atomic mass is 35.5. The van der Waals surface area contributed by atoms with Gasteiger partial charge < -0.3 is 15.0 Å². The lowest BCUT2D eigenvalue weighted by molar-refractivity contribution is -0.143. The van der Waals surface area contributed by atoms with Crippen LogP contribution in [-0.2, 0) is 16.1 Å². The van der Waals surface area contributed by atoms with Crippen molar-refractivity contribution >= 4 is 23.4 Å². The van der Waals surface area contributed by atoms with Crippen molar-refractivity contribution in [1.82, 2.24) is 10.2 Å². The normalized spacial score (nSPS) is 12.7. The zero-order chi connectivity index (χ0) is 23.0. The van der Waals surface area contributed by atoms with Gasteiger partial charge in [-0.3, -0.25) is 9.59 Å². The van der Waals surface area contributed by atoms with Gasteiger partial charge in [-0.25, -0.2) is 0 Å². The maximum atomic E-state index is 13.3. The summed E-state index contributed by atoms with van der Waals surface area (Å²) >= 11 is 6.35. The third-order valence-electron chi connectivity index (χ3n) is 5.38. The first-order valence-electron chi connectivity index (χ1n) is 10.8. The monoisotopic (exact) mass is 444 g/mol. The maximum Gasteiger partial charge on any atom is 0.261 e. The van der Waals surface area contributed by atoms with E-state index in [-0.39, 0.29) is 31.0 Å². The molecule has 0 spiro atoms. The van der Waals surface area contributed by atoms with Gasteiger partial charge in [-0.05, 0) is 62.4 Å². The Labute approximate surface area is 190 Å². The molecule has 6 heteroatoms. The largest absolute Gasteiger partial charge is 0.483 e. The third-order valence-corrected chi connectivity index (χ3v) is 5.75. The molecule has 0 aliphatic heterocycles. The van der Waals surface area contributed by atoms with Crippen LogP contribution in [0.5, 0.6) is 5.75 Å². The minimum Gasteiger partial charge on any atom is -0.483 e. The molecule has 0 saturated heterocycles. The van der Waals surface area contributed by atoms with Gasteiger partial charge >= 0.3 is 0 Å². The van der Waals surface area contributed by atoms with Crippen LogP contribution in [0.25, 0.3) is 0 Å². The number of aryl methyl sites for hydroxylation is 2. The van der Waals surface area contributed by atoms with E-state index in [9.17, 15) is 9.59 Å². The van der Waals surface area contributed by atoms with Gasteiger partial charge in [0.1, 0.15) is 11.8 Å². The van der Waals surface area contributed by atoms with E-state index in [4.69, 9.17) is 16.3 Å². The van der Waals surface area contributed by atoms with Gasteiger partial charge in [-0.1, -0.05) is 55.8 Å². The Kier molecular flexibility index (Phi) is 9.38. The van der Waals surface area contributed by atoms with Gasteiger partial charge in [0.15, 0.2) is 6.61 Å². The van der Waals surface area contributed by atoms with Gasteiger partial charge in [0.25, 0.3) is 5.91 Å². The number of carbonyl (C=O) groups excluding carboxylic acids is 2. The van der Waals surface area contributed by atoms with Gasteiger partial charge in [0.2, 0.25) is 5.91 Å². The molecule has 0 heterocycles. The Morgan fingerprint density at radius 2 is 1.81 bits per heavy atom. The van der Waals surface area contributed by atoms with Crippen LogP contribution in [0.1, 0.15) is 50.3 Å². The van der Waals surface area contributed by atoms with Crippen LogP contribution in [0, 0.1) is 13.8 Å². The molecule has 0 unspecified atom stereocenters. The fraction of sp³-hybridized carbons (Fsp3) is 0.440. The molecule has 2 aromatic carbocycles. The highest BCUT2D eigenvalue weighted by Gasteiger charge is 2.30. The second kappa shape index (κ2) is 11.8. The van der Waals surface area contributed by atoms with Crippen molar-refractivity contribution < 1.29 is 14.3 Å². The number of halogens is 1. The zero-order valence-corrected chi connectivity index (χ0v) is 19.8. The molecule has 2 aromatic rings. The molecule has 2 rings (SSSR count). The fourth-order valence-electron chi connectivity index (χ4n) is 3.26. The molecule has 2 amide bonds. The van der Waals surface area contributed by atoms with Crippen LogP contribution < -0.4 is 10.1 Å². The van der Waals surface area contributed by atoms with Crippen LogP contribution in [0.15, 0.2) is 42.5 Å². The summed E-state index contributed by atoms with van der Waals surface area (Å²) in [6.07, 6.45) is 1.30. The average Bonchev–Trinajstić information content (AvgIpc) is 2.75. The standard InChI is InChI=1S/C25H33ClN2O3/c1-6-19(5)27-25(30)22(7-2)28(15-20-10-8-9-11-21(20)26)24(29)16-31-23-14-17(3)12-13-18(23)4/h8-14,19,22H,6-7,15-16H2,1-5H3,(H,27,30)/t19-,22+/m1/s1. The van der Waals surface area contributed by atoms with Crippen LogP contribution in [-0.4, -0.2) is 35.4 Å². The molecule has 0 aliphatic carbocycles. The van der Waals surface area contributed by atoms with Crippen molar-refractivity contribution in [2.24, 2.45) is 0 Å². The molecule has 0 saturated carbocycles. The molecule has 0 fully saturated rings. The van der Waals surface area contributed by atoms with Crippen LogP contribution in [0.2, 0.25) is 5.02 Å². The summed E-state index contributed by atoms with van der Waals surface area (Å²) in [4.78, 5) is 27.8. The molecule has 168 valence electrons. The highest BCUT2D eigenvalue weighted by Crippen LogP contribution is 2.22. The lowest BCUT2D eigenvalue weighted by Crippen LogP contribution is -2.51. The van der Waals surface area contributed by atoms with Crippen molar-refractivity contribution in [1.29, 1.82) is 0 Å². The first-order chi connectivity index (χ1) is 14.8. The highest BCUT2D eigenvalue weighted by molar-refractivity contribution is 6.31. The minimum atomic E-state index is -0.611. The Bertz CT molecular complexity index is 900. The number of hydrogen-bond acceptors (Lipinski definition) is 3. The number of benzene rings is 2. The smallest absolute Gasteiger partial charge is 0.261 e. The van der Waals surface area contributed by atoms with Crippen LogP contribution in [0.4, 0.5) is 0 Å². The van der Waals surface area contributed by atoms with Crippen LogP contribution >= 0.6 is 11.6 Å². The molecule has 0 bridgehead atoms. The molecule has 0 radical (unpaired) electrons. The predicted octanol–water partition coefficient (Wildman–Crippen LogP) is 5.06. The number of amides is 2.